The summed E-state index contributed by atoms with van der Waals surface area (Å²) in [6.07, 6.45) is -4.12. The van der Waals surface area contributed by atoms with Gasteiger partial charge in [0, 0.05) is 31.1 Å². The number of alkyl halides is 3. The van der Waals surface area contributed by atoms with Gasteiger partial charge >= 0.3 is 6.18 Å². The van der Waals surface area contributed by atoms with E-state index < -0.39 is 12.8 Å². The van der Waals surface area contributed by atoms with Gasteiger partial charge < -0.3 is 20.7 Å². The Labute approximate surface area is 187 Å². The van der Waals surface area contributed by atoms with E-state index in [9.17, 15) is 18.0 Å². The van der Waals surface area contributed by atoms with Crippen molar-refractivity contribution in [3.05, 3.63) is 29.3 Å². The van der Waals surface area contributed by atoms with E-state index in [1.165, 1.54) is 0 Å². The van der Waals surface area contributed by atoms with Crippen LogP contribution >= 0.6 is 24.0 Å². The molecule has 0 radical (unpaired) electrons. The predicted octanol–water partition coefficient (Wildman–Crippen LogP) is 3.52. The Kier molecular flexibility index (Phi) is 12.7. The number of guanidine groups is 1. The van der Waals surface area contributed by atoms with Crippen LogP contribution in [0.15, 0.2) is 23.2 Å². The lowest BCUT2D eigenvalue weighted by Gasteiger charge is -2.15. The van der Waals surface area contributed by atoms with Gasteiger partial charge in [0.05, 0.1) is 6.54 Å². The highest BCUT2D eigenvalue weighted by molar-refractivity contribution is 14.0. The van der Waals surface area contributed by atoms with Crippen LogP contribution in [0.4, 0.5) is 13.2 Å². The molecule has 1 aromatic carbocycles. The Bertz CT molecular complexity index is 667. The van der Waals surface area contributed by atoms with E-state index >= 15 is 0 Å². The molecule has 0 spiro atoms. The molecular formula is C19H30F3IN4O2. The Hall–Kier alpha value is -1.72. The number of rotatable bonds is 9. The second-order valence-corrected chi connectivity index (χ2v) is 6.61. The van der Waals surface area contributed by atoms with Gasteiger partial charge in [0.1, 0.15) is 5.75 Å². The SMILES string of the molecule is CCNC(=NCc1ccc(C)cc1OCC(F)(F)F)NCCC(=O)NC(C)C.I. The van der Waals surface area contributed by atoms with E-state index in [4.69, 9.17) is 4.74 Å². The molecule has 1 rings (SSSR count). The Balaban J connectivity index is 0.00000784. The van der Waals surface area contributed by atoms with Gasteiger partial charge in [-0.25, -0.2) is 4.99 Å². The maximum atomic E-state index is 12.5. The number of aryl methyl sites for hydroxylation is 1. The minimum absolute atomic E-state index is 0. The van der Waals surface area contributed by atoms with Gasteiger partial charge in [-0.05, 0) is 39.3 Å². The molecule has 0 bridgehead atoms. The highest BCUT2D eigenvalue weighted by Gasteiger charge is 2.28. The molecule has 29 heavy (non-hydrogen) atoms. The maximum absolute atomic E-state index is 12.5. The zero-order valence-corrected chi connectivity index (χ0v) is 19.5. The maximum Gasteiger partial charge on any atom is 0.422 e. The van der Waals surface area contributed by atoms with Crippen LogP contribution in [0.25, 0.3) is 0 Å². The van der Waals surface area contributed by atoms with Crippen LogP contribution in [0.3, 0.4) is 0 Å². The zero-order chi connectivity index (χ0) is 21.2. The minimum atomic E-state index is -4.41. The van der Waals surface area contributed by atoms with E-state index in [1.54, 1.807) is 25.1 Å². The summed E-state index contributed by atoms with van der Waals surface area (Å²) in [7, 11) is 0. The number of aliphatic imine (C=N–C) groups is 1. The summed E-state index contributed by atoms with van der Waals surface area (Å²) in [4.78, 5) is 16.1. The summed E-state index contributed by atoms with van der Waals surface area (Å²) in [5.74, 6) is 0.565. The monoisotopic (exact) mass is 530 g/mol. The minimum Gasteiger partial charge on any atom is -0.484 e. The molecule has 0 saturated heterocycles. The van der Waals surface area contributed by atoms with E-state index in [0.717, 1.165) is 5.56 Å². The fourth-order valence-corrected chi connectivity index (χ4v) is 2.28. The fraction of sp³-hybridized carbons (Fsp3) is 0.579. The van der Waals surface area contributed by atoms with Gasteiger partial charge in [0.25, 0.3) is 0 Å². The molecule has 10 heteroatoms. The topological polar surface area (TPSA) is 74.8 Å². The summed E-state index contributed by atoms with van der Waals surface area (Å²) in [6, 6.07) is 5.13. The van der Waals surface area contributed by atoms with Crippen molar-refractivity contribution in [1.29, 1.82) is 0 Å². The third-order valence-corrected chi connectivity index (χ3v) is 3.46. The van der Waals surface area contributed by atoms with Crippen LogP contribution in [0, 0.1) is 6.92 Å². The summed E-state index contributed by atoms with van der Waals surface area (Å²) >= 11 is 0. The van der Waals surface area contributed by atoms with Crippen molar-refractivity contribution >= 4 is 35.8 Å². The average Bonchev–Trinajstić information content (AvgIpc) is 2.57. The van der Waals surface area contributed by atoms with Crippen LogP contribution in [0.1, 0.15) is 38.3 Å². The quantitative estimate of drug-likeness (QED) is 0.260. The van der Waals surface area contributed by atoms with Crippen molar-refractivity contribution in [1.82, 2.24) is 16.0 Å². The van der Waals surface area contributed by atoms with Gasteiger partial charge in [0.15, 0.2) is 12.6 Å². The van der Waals surface area contributed by atoms with Crippen molar-refractivity contribution in [2.45, 2.75) is 52.9 Å². The number of halogens is 4. The number of benzene rings is 1. The average molecular weight is 530 g/mol. The molecule has 166 valence electrons. The number of amides is 1. The highest BCUT2D eigenvalue weighted by Crippen LogP contribution is 2.24. The lowest BCUT2D eigenvalue weighted by Crippen LogP contribution is -2.40. The molecule has 0 fully saturated rings. The first-order valence-corrected chi connectivity index (χ1v) is 9.21. The van der Waals surface area contributed by atoms with E-state index in [0.29, 0.717) is 24.6 Å². The summed E-state index contributed by atoms with van der Waals surface area (Å²) < 4.78 is 42.3. The van der Waals surface area contributed by atoms with E-state index in [2.05, 4.69) is 20.9 Å². The molecule has 0 atom stereocenters. The molecule has 1 aromatic rings. The summed E-state index contributed by atoms with van der Waals surface area (Å²) in [5.41, 5.74) is 1.34. The normalized spacial score (nSPS) is 11.7. The molecule has 6 nitrogen and oxygen atoms in total. The van der Waals surface area contributed by atoms with E-state index in [-0.39, 0.29) is 54.6 Å². The summed E-state index contributed by atoms with van der Waals surface area (Å²) in [6.45, 7) is 7.23. The number of hydrogen-bond donors (Lipinski definition) is 3. The second kappa shape index (κ2) is 13.5. The second-order valence-electron chi connectivity index (χ2n) is 6.61. The first-order valence-electron chi connectivity index (χ1n) is 9.21. The first kappa shape index (κ1) is 27.3. The molecule has 3 N–H and O–H groups in total. The number of nitrogens with zero attached hydrogens (tertiary/aromatic N) is 1. The van der Waals surface area contributed by atoms with Crippen molar-refractivity contribution in [2.24, 2.45) is 4.99 Å². The molecular weight excluding hydrogens is 500 g/mol. The van der Waals surface area contributed by atoms with Gasteiger partial charge in [-0.3, -0.25) is 4.79 Å². The molecule has 0 aliphatic carbocycles. The van der Waals surface area contributed by atoms with Crippen molar-refractivity contribution in [3.63, 3.8) is 0 Å². The lowest BCUT2D eigenvalue weighted by molar-refractivity contribution is -0.153. The van der Waals surface area contributed by atoms with Crippen molar-refractivity contribution in [2.75, 3.05) is 19.7 Å². The van der Waals surface area contributed by atoms with Crippen LogP contribution < -0.4 is 20.7 Å². The zero-order valence-electron chi connectivity index (χ0n) is 17.2. The van der Waals surface area contributed by atoms with Crippen molar-refractivity contribution < 1.29 is 22.7 Å². The lowest BCUT2D eigenvalue weighted by atomic mass is 10.1. The smallest absolute Gasteiger partial charge is 0.422 e. The third kappa shape index (κ3) is 12.4. The highest BCUT2D eigenvalue weighted by atomic mass is 127. The molecule has 0 aliphatic heterocycles. The molecule has 0 aromatic heterocycles. The van der Waals surface area contributed by atoms with Crippen LogP contribution in [0.5, 0.6) is 5.75 Å². The van der Waals surface area contributed by atoms with Gasteiger partial charge in [-0.15, -0.1) is 24.0 Å². The molecule has 0 heterocycles. The molecule has 0 unspecified atom stereocenters. The Morgan fingerprint density at radius 1 is 1.24 bits per heavy atom. The number of hydrogen-bond acceptors (Lipinski definition) is 3. The Morgan fingerprint density at radius 2 is 1.93 bits per heavy atom. The molecule has 1 amide bonds. The predicted molar refractivity (Wildman–Crippen MR) is 119 cm³/mol. The Morgan fingerprint density at radius 3 is 2.52 bits per heavy atom. The fourth-order valence-electron chi connectivity index (χ4n) is 2.28. The molecule has 0 saturated carbocycles. The number of ether oxygens (including phenoxy) is 1. The first-order chi connectivity index (χ1) is 13.1. The van der Waals surface area contributed by atoms with Crippen LogP contribution in [0.2, 0.25) is 0 Å². The van der Waals surface area contributed by atoms with Gasteiger partial charge in [-0.1, -0.05) is 12.1 Å². The van der Waals surface area contributed by atoms with Crippen LogP contribution in [-0.4, -0.2) is 43.8 Å². The standard InChI is InChI=1S/C19H29F3N4O2.HI/c1-5-23-18(24-9-8-17(27)26-13(2)3)25-11-15-7-6-14(4)10-16(15)28-12-19(20,21)22;/h6-7,10,13H,5,8-9,11-12H2,1-4H3,(H,26,27)(H2,23,24,25);1H. The van der Waals surface area contributed by atoms with Crippen LogP contribution in [-0.2, 0) is 11.3 Å². The third-order valence-electron chi connectivity index (χ3n) is 3.46. The number of carbonyl (C=O) groups is 1. The van der Waals surface area contributed by atoms with Crippen molar-refractivity contribution in [3.8, 4) is 5.75 Å². The molecule has 0 aliphatic rings. The number of nitrogens with one attached hydrogen (secondary N) is 3. The summed E-state index contributed by atoms with van der Waals surface area (Å²) in [5, 5.41) is 8.88. The van der Waals surface area contributed by atoms with E-state index in [1.807, 2.05) is 20.8 Å². The van der Waals surface area contributed by atoms with Gasteiger partial charge in [0.2, 0.25) is 5.91 Å². The largest absolute Gasteiger partial charge is 0.484 e. The number of carbonyl (C=O) groups excluding carboxylic acids is 1. The van der Waals surface area contributed by atoms with Gasteiger partial charge in [-0.2, -0.15) is 13.2 Å².